The number of aromatic hydroxyl groups is 1. The number of hydrogen-bond donors (Lipinski definition) is 1. The van der Waals surface area contributed by atoms with Gasteiger partial charge in [-0.15, -0.1) is 0 Å². The highest BCUT2D eigenvalue weighted by atomic mass is 16.5. The van der Waals surface area contributed by atoms with Crippen LogP contribution in [0.15, 0.2) is 18.2 Å². The summed E-state index contributed by atoms with van der Waals surface area (Å²) in [5.74, 6) is 0.435. The van der Waals surface area contributed by atoms with E-state index in [1.807, 2.05) is 7.05 Å². The highest BCUT2D eigenvalue weighted by molar-refractivity contribution is 5.97. The first-order valence-corrected chi connectivity index (χ1v) is 5.96. The van der Waals surface area contributed by atoms with Gasteiger partial charge >= 0.3 is 0 Å². The molecule has 0 aromatic heterocycles. The van der Waals surface area contributed by atoms with Gasteiger partial charge in [-0.3, -0.25) is 4.79 Å². The number of nitrogens with zero attached hydrogens (tertiary/aromatic N) is 2. The molecule has 1 fully saturated rings. The maximum Gasteiger partial charge on any atom is 0.257 e. The van der Waals surface area contributed by atoms with Crippen LogP contribution in [0.25, 0.3) is 0 Å². The smallest absolute Gasteiger partial charge is 0.257 e. The van der Waals surface area contributed by atoms with Gasteiger partial charge in [-0.1, -0.05) is 0 Å². The first-order valence-electron chi connectivity index (χ1n) is 5.96. The molecule has 0 saturated carbocycles. The van der Waals surface area contributed by atoms with Crippen LogP contribution in [0.4, 0.5) is 0 Å². The van der Waals surface area contributed by atoms with Crippen molar-refractivity contribution in [3.05, 3.63) is 23.8 Å². The Hall–Kier alpha value is -1.75. The van der Waals surface area contributed by atoms with Crippen molar-refractivity contribution in [1.29, 1.82) is 0 Å². The molecular weight excluding hydrogens is 232 g/mol. The molecule has 1 aliphatic rings. The third-order valence-electron chi connectivity index (χ3n) is 3.22. The quantitative estimate of drug-likeness (QED) is 0.843. The van der Waals surface area contributed by atoms with Gasteiger partial charge in [0.25, 0.3) is 5.91 Å². The van der Waals surface area contributed by atoms with Crippen molar-refractivity contribution in [3.63, 3.8) is 0 Å². The number of carbonyl (C=O) groups excluding carboxylic acids is 1. The standard InChI is InChI=1S/C13H18N2O3/c1-14-5-7-15(8-6-14)13(17)11-9-10(18-2)3-4-12(11)16/h3-4,9,16H,5-8H2,1-2H3. The number of methoxy groups -OCH3 is 1. The highest BCUT2D eigenvalue weighted by Crippen LogP contribution is 2.24. The summed E-state index contributed by atoms with van der Waals surface area (Å²) < 4.78 is 5.07. The fourth-order valence-electron chi connectivity index (χ4n) is 1.99. The number of likely N-dealkylation sites (N-methyl/N-ethyl adjacent to an activating group) is 1. The second-order valence-corrected chi connectivity index (χ2v) is 4.48. The zero-order chi connectivity index (χ0) is 13.1. The maximum atomic E-state index is 12.3. The Labute approximate surface area is 107 Å². The molecule has 0 bridgehead atoms. The van der Waals surface area contributed by atoms with E-state index in [9.17, 15) is 9.90 Å². The van der Waals surface area contributed by atoms with E-state index in [0.29, 0.717) is 24.4 Å². The van der Waals surface area contributed by atoms with Crippen LogP contribution in [0.2, 0.25) is 0 Å². The summed E-state index contributed by atoms with van der Waals surface area (Å²) in [5.41, 5.74) is 0.305. The highest BCUT2D eigenvalue weighted by Gasteiger charge is 2.22. The molecule has 5 nitrogen and oxygen atoms in total. The van der Waals surface area contributed by atoms with E-state index >= 15 is 0 Å². The molecule has 1 aromatic carbocycles. The van der Waals surface area contributed by atoms with Gasteiger partial charge < -0.3 is 19.6 Å². The Morgan fingerprint density at radius 2 is 1.94 bits per heavy atom. The molecule has 1 amide bonds. The van der Waals surface area contributed by atoms with Crippen LogP contribution in [-0.4, -0.2) is 61.2 Å². The van der Waals surface area contributed by atoms with Gasteiger partial charge in [-0.2, -0.15) is 0 Å². The van der Waals surface area contributed by atoms with Crippen LogP contribution >= 0.6 is 0 Å². The third-order valence-corrected chi connectivity index (χ3v) is 3.22. The SMILES string of the molecule is COc1ccc(O)c(C(=O)N2CCN(C)CC2)c1. The van der Waals surface area contributed by atoms with Gasteiger partial charge in [0.15, 0.2) is 0 Å². The molecule has 0 aliphatic carbocycles. The van der Waals surface area contributed by atoms with Gasteiger partial charge in [0.2, 0.25) is 0 Å². The predicted octanol–water partition coefficient (Wildman–Crippen LogP) is 0.788. The Morgan fingerprint density at radius 1 is 1.28 bits per heavy atom. The van der Waals surface area contributed by atoms with E-state index in [2.05, 4.69) is 4.90 Å². The average Bonchev–Trinajstić information content (AvgIpc) is 2.39. The summed E-state index contributed by atoms with van der Waals surface area (Å²) >= 11 is 0. The van der Waals surface area contributed by atoms with Crippen LogP contribution in [0.3, 0.4) is 0 Å². The fourth-order valence-corrected chi connectivity index (χ4v) is 1.99. The molecule has 1 aromatic rings. The van der Waals surface area contributed by atoms with Crippen LogP contribution in [0.5, 0.6) is 11.5 Å². The summed E-state index contributed by atoms with van der Waals surface area (Å²) in [6.45, 7) is 3.09. The normalized spacial score (nSPS) is 16.7. The molecular formula is C13H18N2O3. The van der Waals surface area contributed by atoms with Crippen molar-refractivity contribution in [2.24, 2.45) is 0 Å². The molecule has 0 atom stereocenters. The number of piperazine rings is 1. The lowest BCUT2D eigenvalue weighted by Crippen LogP contribution is -2.47. The van der Waals surface area contributed by atoms with E-state index in [4.69, 9.17) is 4.74 Å². The average molecular weight is 250 g/mol. The molecule has 18 heavy (non-hydrogen) atoms. The molecule has 1 heterocycles. The summed E-state index contributed by atoms with van der Waals surface area (Å²) in [5, 5.41) is 9.77. The number of amides is 1. The first kappa shape index (κ1) is 12.7. The minimum Gasteiger partial charge on any atom is -0.507 e. The first-order chi connectivity index (χ1) is 8.61. The molecule has 0 radical (unpaired) electrons. The number of hydrogen-bond acceptors (Lipinski definition) is 4. The number of ether oxygens (including phenoxy) is 1. The predicted molar refractivity (Wildman–Crippen MR) is 68.1 cm³/mol. The van der Waals surface area contributed by atoms with Crippen molar-refractivity contribution in [2.75, 3.05) is 40.3 Å². The lowest BCUT2D eigenvalue weighted by molar-refractivity contribution is 0.0661. The number of phenolic OH excluding ortho intramolecular Hbond substituents is 1. The van der Waals surface area contributed by atoms with Gasteiger partial charge in [0, 0.05) is 26.2 Å². The van der Waals surface area contributed by atoms with Gasteiger partial charge in [-0.05, 0) is 25.2 Å². The van der Waals surface area contributed by atoms with Gasteiger partial charge in [-0.25, -0.2) is 0 Å². The lowest BCUT2D eigenvalue weighted by Gasteiger charge is -2.32. The number of benzene rings is 1. The number of carbonyl (C=O) groups is 1. The summed E-state index contributed by atoms with van der Waals surface area (Å²) in [6.07, 6.45) is 0. The fraction of sp³-hybridized carbons (Fsp3) is 0.462. The van der Waals surface area contributed by atoms with E-state index in [1.54, 1.807) is 17.0 Å². The van der Waals surface area contributed by atoms with E-state index in [1.165, 1.54) is 13.2 Å². The van der Waals surface area contributed by atoms with Crippen molar-refractivity contribution in [2.45, 2.75) is 0 Å². The van der Waals surface area contributed by atoms with Crippen LogP contribution < -0.4 is 4.74 Å². The minimum absolute atomic E-state index is 0.000252. The van der Waals surface area contributed by atoms with E-state index < -0.39 is 0 Å². The second kappa shape index (κ2) is 5.27. The van der Waals surface area contributed by atoms with Crippen LogP contribution in [-0.2, 0) is 0 Å². The largest absolute Gasteiger partial charge is 0.507 e. The molecule has 1 N–H and O–H groups in total. The Bertz CT molecular complexity index is 440. The molecule has 0 unspecified atom stereocenters. The molecule has 98 valence electrons. The van der Waals surface area contributed by atoms with Crippen molar-refractivity contribution in [1.82, 2.24) is 9.80 Å². The maximum absolute atomic E-state index is 12.3. The van der Waals surface area contributed by atoms with Crippen molar-refractivity contribution in [3.8, 4) is 11.5 Å². The molecule has 1 saturated heterocycles. The van der Waals surface area contributed by atoms with Crippen LogP contribution in [0.1, 0.15) is 10.4 Å². The number of rotatable bonds is 2. The topological polar surface area (TPSA) is 53.0 Å². The molecule has 5 heteroatoms. The third kappa shape index (κ3) is 2.56. The summed E-state index contributed by atoms with van der Waals surface area (Å²) in [6, 6.07) is 4.70. The number of phenols is 1. The Morgan fingerprint density at radius 3 is 2.56 bits per heavy atom. The molecule has 1 aliphatic heterocycles. The van der Waals surface area contributed by atoms with Gasteiger partial charge in [0.05, 0.1) is 12.7 Å². The molecule has 2 rings (SSSR count). The summed E-state index contributed by atoms with van der Waals surface area (Å²) in [4.78, 5) is 16.2. The summed E-state index contributed by atoms with van der Waals surface area (Å²) in [7, 11) is 3.57. The van der Waals surface area contributed by atoms with E-state index in [-0.39, 0.29) is 11.7 Å². The Kier molecular flexibility index (Phi) is 3.72. The second-order valence-electron chi connectivity index (χ2n) is 4.48. The van der Waals surface area contributed by atoms with Gasteiger partial charge in [0.1, 0.15) is 11.5 Å². The van der Waals surface area contributed by atoms with E-state index in [0.717, 1.165) is 13.1 Å². The van der Waals surface area contributed by atoms with Crippen molar-refractivity contribution >= 4 is 5.91 Å². The zero-order valence-corrected chi connectivity index (χ0v) is 10.7. The monoisotopic (exact) mass is 250 g/mol. The lowest BCUT2D eigenvalue weighted by atomic mass is 10.1. The van der Waals surface area contributed by atoms with Crippen molar-refractivity contribution < 1.29 is 14.6 Å². The van der Waals surface area contributed by atoms with Crippen LogP contribution in [0, 0.1) is 0 Å². The zero-order valence-electron chi connectivity index (χ0n) is 10.7. The minimum atomic E-state index is -0.139. The Balaban J connectivity index is 2.17. The molecule has 0 spiro atoms.